The van der Waals surface area contributed by atoms with E-state index in [2.05, 4.69) is 34.7 Å². The molecule has 2 aliphatic heterocycles. The summed E-state index contributed by atoms with van der Waals surface area (Å²) in [5.41, 5.74) is 2.59. The number of benzene rings is 1. The van der Waals surface area contributed by atoms with Crippen molar-refractivity contribution in [3.63, 3.8) is 0 Å². The highest BCUT2D eigenvalue weighted by atomic mass is 32.2. The van der Waals surface area contributed by atoms with Gasteiger partial charge in [-0.2, -0.15) is 0 Å². The van der Waals surface area contributed by atoms with E-state index >= 15 is 0 Å². The summed E-state index contributed by atoms with van der Waals surface area (Å²) in [6.45, 7) is 4.57. The maximum atomic E-state index is 12.4. The number of ether oxygens (including phenoxy) is 1. The molecule has 22 heavy (non-hydrogen) atoms. The van der Waals surface area contributed by atoms with Crippen molar-refractivity contribution in [2.24, 2.45) is 0 Å². The second-order valence-electron chi connectivity index (χ2n) is 6.13. The first-order valence-electron chi connectivity index (χ1n) is 7.99. The molecule has 0 spiro atoms. The van der Waals surface area contributed by atoms with Crippen molar-refractivity contribution in [2.75, 3.05) is 31.2 Å². The number of hydrogen-bond acceptors (Lipinski definition) is 4. The number of para-hydroxylation sites is 1. The number of rotatable bonds is 5. The molecule has 2 aliphatic rings. The lowest BCUT2D eigenvalue weighted by Gasteiger charge is -2.29. The Bertz CT molecular complexity index is 612. The Morgan fingerprint density at radius 2 is 2.05 bits per heavy atom. The molecule has 1 fully saturated rings. The van der Waals surface area contributed by atoms with E-state index < -0.39 is 10.0 Å². The van der Waals surface area contributed by atoms with Gasteiger partial charge in [0.05, 0.1) is 5.25 Å². The number of nitrogens with zero attached hydrogens (tertiary/aromatic N) is 1. The first-order chi connectivity index (χ1) is 10.6. The van der Waals surface area contributed by atoms with Gasteiger partial charge in [-0.15, -0.1) is 0 Å². The minimum atomic E-state index is -3.24. The minimum Gasteiger partial charge on any atom is -0.381 e. The normalized spacial score (nSPS) is 20.9. The fourth-order valence-electron chi connectivity index (χ4n) is 3.27. The van der Waals surface area contributed by atoms with Crippen molar-refractivity contribution in [2.45, 2.75) is 37.5 Å². The number of hydrogen-bond donors (Lipinski definition) is 1. The van der Waals surface area contributed by atoms with Gasteiger partial charge in [-0.1, -0.05) is 18.2 Å². The van der Waals surface area contributed by atoms with Crippen molar-refractivity contribution in [3.8, 4) is 0 Å². The van der Waals surface area contributed by atoms with Gasteiger partial charge in [-0.05, 0) is 37.8 Å². The van der Waals surface area contributed by atoms with Crippen LogP contribution in [0.1, 0.15) is 25.3 Å². The second kappa shape index (κ2) is 6.56. The highest BCUT2D eigenvalue weighted by Crippen LogP contribution is 2.29. The smallest absolute Gasteiger partial charge is 0.214 e. The minimum absolute atomic E-state index is 0.151. The topological polar surface area (TPSA) is 58.6 Å². The first-order valence-corrected chi connectivity index (χ1v) is 9.53. The fourth-order valence-corrected chi connectivity index (χ4v) is 4.79. The van der Waals surface area contributed by atoms with Crippen LogP contribution in [-0.4, -0.2) is 46.0 Å². The summed E-state index contributed by atoms with van der Waals surface area (Å²) in [5, 5.41) is -0.306. The molecule has 122 valence electrons. The number of nitrogens with one attached hydrogen (secondary N) is 1. The molecule has 1 atom stereocenters. The van der Waals surface area contributed by atoms with Crippen LogP contribution in [0.4, 0.5) is 5.69 Å². The molecule has 0 bridgehead atoms. The molecule has 2 heterocycles. The largest absolute Gasteiger partial charge is 0.381 e. The van der Waals surface area contributed by atoms with Crippen LogP contribution in [-0.2, 0) is 21.2 Å². The Morgan fingerprint density at radius 1 is 1.32 bits per heavy atom. The lowest BCUT2D eigenvalue weighted by molar-refractivity contribution is 0.0981. The summed E-state index contributed by atoms with van der Waals surface area (Å²) in [4.78, 5) is 2.29. The maximum Gasteiger partial charge on any atom is 0.214 e. The molecule has 0 saturated carbocycles. The lowest BCUT2D eigenvalue weighted by atomic mass is 10.2. The Kier molecular flexibility index (Phi) is 4.70. The van der Waals surface area contributed by atoms with Crippen LogP contribution in [0, 0.1) is 0 Å². The van der Waals surface area contributed by atoms with Gasteiger partial charge in [-0.3, -0.25) is 0 Å². The van der Waals surface area contributed by atoms with E-state index in [9.17, 15) is 8.42 Å². The predicted molar refractivity (Wildman–Crippen MR) is 87.7 cm³/mol. The standard InChI is InChI=1S/C16H24N2O3S/c1-13(18-9-6-14-4-2-3-5-16(14)18)12-17-22(19,20)15-7-10-21-11-8-15/h2-5,13,15,17H,6-12H2,1H3. The molecule has 6 heteroatoms. The van der Waals surface area contributed by atoms with Gasteiger partial charge in [0.1, 0.15) is 0 Å². The van der Waals surface area contributed by atoms with Gasteiger partial charge < -0.3 is 9.64 Å². The molecule has 1 aromatic carbocycles. The predicted octanol–water partition coefficient (Wildman–Crippen LogP) is 1.54. The molecule has 1 aromatic rings. The Labute approximate surface area is 132 Å². The van der Waals surface area contributed by atoms with E-state index in [1.807, 2.05) is 6.07 Å². The molecule has 5 nitrogen and oxygen atoms in total. The first kappa shape index (κ1) is 15.8. The van der Waals surface area contributed by atoms with Crippen LogP contribution in [0.25, 0.3) is 0 Å². The van der Waals surface area contributed by atoms with Crippen LogP contribution < -0.4 is 9.62 Å². The summed E-state index contributed by atoms with van der Waals surface area (Å²) in [6, 6.07) is 8.51. The van der Waals surface area contributed by atoms with Crippen molar-refractivity contribution < 1.29 is 13.2 Å². The van der Waals surface area contributed by atoms with Crippen molar-refractivity contribution in [1.29, 1.82) is 0 Å². The summed E-state index contributed by atoms with van der Waals surface area (Å²) in [6.07, 6.45) is 2.22. The molecular formula is C16H24N2O3S. The second-order valence-corrected chi connectivity index (χ2v) is 8.17. The van der Waals surface area contributed by atoms with Crippen LogP contribution in [0.3, 0.4) is 0 Å². The molecular weight excluding hydrogens is 300 g/mol. The lowest BCUT2D eigenvalue weighted by Crippen LogP contribution is -2.45. The monoisotopic (exact) mass is 324 g/mol. The Hall–Kier alpha value is -1.11. The number of fused-ring (bicyclic) bond motifs is 1. The zero-order valence-corrected chi connectivity index (χ0v) is 13.8. The average molecular weight is 324 g/mol. The molecule has 0 amide bonds. The van der Waals surface area contributed by atoms with E-state index in [-0.39, 0.29) is 11.3 Å². The van der Waals surface area contributed by atoms with Gasteiger partial charge in [0.15, 0.2) is 0 Å². The van der Waals surface area contributed by atoms with E-state index in [1.54, 1.807) is 0 Å². The third kappa shape index (κ3) is 3.29. The summed E-state index contributed by atoms with van der Waals surface area (Å²) >= 11 is 0. The molecule has 0 aliphatic carbocycles. The van der Waals surface area contributed by atoms with E-state index in [4.69, 9.17) is 4.74 Å². The van der Waals surface area contributed by atoms with Crippen molar-refractivity contribution in [3.05, 3.63) is 29.8 Å². The molecule has 1 saturated heterocycles. The number of sulfonamides is 1. The van der Waals surface area contributed by atoms with E-state index in [1.165, 1.54) is 11.3 Å². The summed E-state index contributed by atoms with van der Waals surface area (Å²) in [7, 11) is -3.24. The van der Waals surface area contributed by atoms with Crippen molar-refractivity contribution in [1.82, 2.24) is 4.72 Å². The molecule has 1 unspecified atom stereocenters. The number of anilines is 1. The van der Waals surface area contributed by atoms with Crippen LogP contribution in [0.5, 0.6) is 0 Å². The van der Waals surface area contributed by atoms with Crippen LogP contribution in [0.2, 0.25) is 0 Å². The Morgan fingerprint density at radius 3 is 2.82 bits per heavy atom. The van der Waals surface area contributed by atoms with Crippen LogP contribution >= 0.6 is 0 Å². The van der Waals surface area contributed by atoms with Gasteiger partial charge in [0, 0.05) is 38.0 Å². The quantitative estimate of drug-likeness (QED) is 0.892. The molecule has 3 rings (SSSR count). The fraction of sp³-hybridized carbons (Fsp3) is 0.625. The molecule has 0 aromatic heterocycles. The maximum absolute atomic E-state index is 12.4. The van der Waals surface area contributed by atoms with Gasteiger partial charge in [-0.25, -0.2) is 13.1 Å². The van der Waals surface area contributed by atoms with E-state index in [0.717, 1.165) is 13.0 Å². The highest BCUT2D eigenvalue weighted by Gasteiger charge is 2.29. The molecule has 0 radical (unpaired) electrons. The zero-order valence-electron chi connectivity index (χ0n) is 13.0. The average Bonchev–Trinajstić information content (AvgIpc) is 2.98. The zero-order chi connectivity index (χ0) is 15.6. The third-order valence-corrected chi connectivity index (χ3v) is 6.56. The van der Waals surface area contributed by atoms with Crippen molar-refractivity contribution >= 4 is 15.7 Å². The SMILES string of the molecule is CC(CNS(=O)(=O)C1CCOCC1)N1CCc2ccccc21. The summed E-state index contributed by atoms with van der Waals surface area (Å²) in [5.74, 6) is 0. The third-order valence-electron chi connectivity index (χ3n) is 4.64. The molecule has 1 N–H and O–H groups in total. The van der Waals surface area contributed by atoms with Crippen LogP contribution in [0.15, 0.2) is 24.3 Å². The summed E-state index contributed by atoms with van der Waals surface area (Å²) < 4.78 is 32.8. The Balaban J connectivity index is 1.60. The highest BCUT2D eigenvalue weighted by molar-refractivity contribution is 7.90. The van der Waals surface area contributed by atoms with Gasteiger partial charge in [0.2, 0.25) is 10.0 Å². The van der Waals surface area contributed by atoms with Gasteiger partial charge >= 0.3 is 0 Å². The van der Waals surface area contributed by atoms with Gasteiger partial charge in [0.25, 0.3) is 0 Å². The van der Waals surface area contributed by atoms with E-state index in [0.29, 0.717) is 32.6 Å².